The fourth-order valence-electron chi connectivity index (χ4n) is 1.04. The van der Waals surface area contributed by atoms with Gasteiger partial charge in [-0.2, -0.15) is 0 Å². The van der Waals surface area contributed by atoms with E-state index in [1.54, 1.807) is 18.2 Å². The van der Waals surface area contributed by atoms with Gasteiger partial charge in [0.15, 0.2) is 0 Å². The number of rotatable bonds is 4. The van der Waals surface area contributed by atoms with Gasteiger partial charge < -0.3 is 15.6 Å². The number of benzene rings is 1. The molecule has 0 heterocycles. The lowest BCUT2D eigenvalue weighted by molar-refractivity contribution is 0.201. The summed E-state index contributed by atoms with van der Waals surface area (Å²) in [5, 5.41) is 16.0. The third kappa shape index (κ3) is 2.46. The maximum Gasteiger partial charge on any atom is 0.131 e. The Balaban J connectivity index is 3.02. The van der Waals surface area contributed by atoms with Crippen LogP contribution in [0, 0.1) is 5.41 Å². The van der Waals surface area contributed by atoms with Gasteiger partial charge in [0, 0.05) is 4.47 Å². The number of hydrogen-bond donors (Lipinski definition) is 3. The number of hydrogen-bond acceptors (Lipinski definition) is 3. The third-order valence-corrected chi connectivity index (χ3v) is 2.25. The minimum atomic E-state index is -0.0656. The van der Waals surface area contributed by atoms with E-state index in [0.717, 1.165) is 0 Å². The lowest BCUT2D eigenvalue weighted by Crippen LogP contribution is -2.15. The van der Waals surface area contributed by atoms with Crippen LogP contribution in [0.1, 0.15) is 5.56 Å². The van der Waals surface area contributed by atoms with Crippen LogP contribution in [0.15, 0.2) is 22.7 Å². The van der Waals surface area contributed by atoms with Crippen LogP contribution in [0.4, 0.5) is 0 Å². The highest BCUT2D eigenvalue weighted by Gasteiger charge is 2.09. The van der Waals surface area contributed by atoms with Crippen molar-refractivity contribution in [2.24, 2.45) is 5.73 Å². The van der Waals surface area contributed by atoms with Crippen molar-refractivity contribution in [3.05, 3.63) is 28.2 Å². The first-order chi connectivity index (χ1) is 6.66. The number of nitrogens with two attached hydrogens (primary N) is 1. The van der Waals surface area contributed by atoms with E-state index in [4.69, 9.17) is 21.0 Å². The molecular weight excluding hydrogens is 248 g/mol. The van der Waals surface area contributed by atoms with E-state index in [9.17, 15) is 0 Å². The summed E-state index contributed by atoms with van der Waals surface area (Å²) in [7, 11) is 0. The number of ether oxygens (including phenoxy) is 1. The number of amidine groups is 1. The van der Waals surface area contributed by atoms with Gasteiger partial charge in [-0.3, -0.25) is 5.41 Å². The molecule has 0 saturated carbocycles. The summed E-state index contributed by atoms with van der Waals surface area (Å²) in [6.07, 6.45) is 0. The number of nitrogen functional groups attached to an aromatic ring is 1. The number of aliphatic hydroxyl groups is 1. The molecule has 0 atom stereocenters. The van der Waals surface area contributed by atoms with Crippen LogP contribution in [0.2, 0.25) is 0 Å². The van der Waals surface area contributed by atoms with Crippen LogP contribution in [-0.2, 0) is 0 Å². The third-order valence-electron chi connectivity index (χ3n) is 1.59. The molecule has 4 nitrogen and oxygen atoms in total. The Morgan fingerprint density at radius 2 is 2.29 bits per heavy atom. The summed E-state index contributed by atoms with van der Waals surface area (Å²) in [5.41, 5.74) is 5.91. The van der Waals surface area contributed by atoms with E-state index in [-0.39, 0.29) is 19.0 Å². The summed E-state index contributed by atoms with van der Waals surface area (Å²) in [6.45, 7) is 0.126. The van der Waals surface area contributed by atoms with Crippen molar-refractivity contribution in [3.8, 4) is 5.75 Å². The molecule has 0 saturated heterocycles. The van der Waals surface area contributed by atoms with Crippen LogP contribution < -0.4 is 10.5 Å². The summed E-state index contributed by atoms with van der Waals surface area (Å²) in [4.78, 5) is 0. The molecule has 0 aliphatic carbocycles. The van der Waals surface area contributed by atoms with Gasteiger partial charge in [-0.25, -0.2) is 0 Å². The van der Waals surface area contributed by atoms with Crippen molar-refractivity contribution in [2.75, 3.05) is 13.2 Å². The zero-order valence-electron chi connectivity index (χ0n) is 7.46. The molecular formula is C9H11BrN2O2. The smallest absolute Gasteiger partial charge is 0.131 e. The van der Waals surface area contributed by atoms with Gasteiger partial charge in [0.2, 0.25) is 0 Å². The largest absolute Gasteiger partial charge is 0.490 e. The van der Waals surface area contributed by atoms with E-state index < -0.39 is 0 Å². The number of halogens is 1. The minimum absolute atomic E-state index is 0.0644. The zero-order chi connectivity index (χ0) is 10.6. The van der Waals surface area contributed by atoms with Gasteiger partial charge in [-0.1, -0.05) is 6.07 Å². The van der Waals surface area contributed by atoms with Gasteiger partial charge >= 0.3 is 0 Å². The summed E-state index contributed by atoms with van der Waals surface area (Å²) in [5.74, 6) is 0.436. The maximum atomic E-state index is 8.60. The van der Waals surface area contributed by atoms with E-state index in [2.05, 4.69) is 15.9 Å². The molecule has 0 aliphatic heterocycles. The van der Waals surface area contributed by atoms with Crippen molar-refractivity contribution < 1.29 is 9.84 Å². The molecule has 0 unspecified atom stereocenters. The molecule has 0 aromatic heterocycles. The Labute approximate surface area is 90.3 Å². The molecule has 0 radical (unpaired) electrons. The predicted octanol–water partition coefficient (Wildman–Crippen LogP) is 1.10. The van der Waals surface area contributed by atoms with Crippen LogP contribution in [-0.4, -0.2) is 24.2 Å². The Kier molecular flexibility index (Phi) is 3.91. The van der Waals surface area contributed by atoms with Crippen molar-refractivity contribution >= 4 is 21.8 Å². The number of aliphatic hydroxyl groups excluding tert-OH is 1. The molecule has 0 amide bonds. The van der Waals surface area contributed by atoms with Crippen molar-refractivity contribution in [1.82, 2.24) is 0 Å². The highest BCUT2D eigenvalue weighted by Crippen LogP contribution is 2.26. The summed E-state index contributed by atoms with van der Waals surface area (Å²) in [6, 6.07) is 5.27. The molecule has 4 N–H and O–H groups in total. The second-order valence-electron chi connectivity index (χ2n) is 2.60. The Hall–Kier alpha value is -1.07. The van der Waals surface area contributed by atoms with Crippen LogP contribution in [0.25, 0.3) is 0 Å². The van der Waals surface area contributed by atoms with Gasteiger partial charge in [0.05, 0.1) is 12.2 Å². The first kappa shape index (κ1) is 11.0. The van der Waals surface area contributed by atoms with Gasteiger partial charge in [-0.15, -0.1) is 0 Å². The predicted molar refractivity (Wildman–Crippen MR) is 57.7 cm³/mol. The maximum absolute atomic E-state index is 8.60. The van der Waals surface area contributed by atoms with E-state index in [0.29, 0.717) is 15.8 Å². The molecule has 1 aromatic carbocycles. The van der Waals surface area contributed by atoms with Crippen LogP contribution in [0.5, 0.6) is 5.75 Å². The van der Waals surface area contributed by atoms with Gasteiger partial charge in [0.25, 0.3) is 0 Å². The average Bonchev–Trinajstić information content (AvgIpc) is 2.14. The van der Waals surface area contributed by atoms with Gasteiger partial charge in [0.1, 0.15) is 18.2 Å². The first-order valence-electron chi connectivity index (χ1n) is 4.03. The monoisotopic (exact) mass is 258 g/mol. The molecule has 14 heavy (non-hydrogen) atoms. The second-order valence-corrected chi connectivity index (χ2v) is 3.45. The molecule has 0 aliphatic rings. The van der Waals surface area contributed by atoms with Gasteiger partial charge in [-0.05, 0) is 28.1 Å². The lowest BCUT2D eigenvalue weighted by Gasteiger charge is -2.10. The van der Waals surface area contributed by atoms with Crippen molar-refractivity contribution in [2.45, 2.75) is 0 Å². The molecule has 1 rings (SSSR count). The van der Waals surface area contributed by atoms with Crippen LogP contribution in [0.3, 0.4) is 0 Å². The first-order valence-corrected chi connectivity index (χ1v) is 4.82. The second kappa shape index (κ2) is 4.97. The molecule has 5 heteroatoms. The molecule has 0 bridgehead atoms. The Morgan fingerprint density at radius 3 is 2.86 bits per heavy atom. The Bertz CT molecular complexity index is 342. The normalized spacial score (nSPS) is 9.86. The lowest BCUT2D eigenvalue weighted by atomic mass is 10.2. The highest BCUT2D eigenvalue weighted by molar-refractivity contribution is 9.10. The summed E-state index contributed by atoms with van der Waals surface area (Å²) < 4.78 is 5.94. The molecule has 1 aromatic rings. The van der Waals surface area contributed by atoms with E-state index >= 15 is 0 Å². The minimum Gasteiger partial charge on any atom is -0.490 e. The van der Waals surface area contributed by atoms with E-state index in [1.807, 2.05) is 0 Å². The SMILES string of the molecule is N=C(N)c1c(Br)cccc1OCCO. The molecule has 76 valence electrons. The Morgan fingerprint density at radius 1 is 1.57 bits per heavy atom. The molecule has 0 spiro atoms. The van der Waals surface area contributed by atoms with Crippen LogP contribution >= 0.6 is 15.9 Å². The van der Waals surface area contributed by atoms with Crippen molar-refractivity contribution in [3.63, 3.8) is 0 Å². The van der Waals surface area contributed by atoms with E-state index in [1.165, 1.54) is 0 Å². The highest BCUT2D eigenvalue weighted by atomic mass is 79.9. The summed E-state index contributed by atoms with van der Waals surface area (Å²) >= 11 is 3.28. The fraction of sp³-hybridized carbons (Fsp3) is 0.222. The topological polar surface area (TPSA) is 79.3 Å². The zero-order valence-corrected chi connectivity index (χ0v) is 9.04. The fourth-order valence-corrected chi connectivity index (χ4v) is 1.60. The molecule has 0 fully saturated rings. The quantitative estimate of drug-likeness (QED) is 0.559. The standard InChI is InChI=1S/C9H11BrN2O2/c10-6-2-1-3-7(14-5-4-13)8(6)9(11)12/h1-3,13H,4-5H2,(H3,11,12). The number of nitrogens with one attached hydrogen (secondary N) is 1. The van der Waals surface area contributed by atoms with Crippen molar-refractivity contribution in [1.29, 1.82) is 5.41 Å². The average molecular weight is 259 g/mol.